The maximum atomic E-state index is 12.7. The molecule has 0 saturated carbocycles. The van der Waals surface area contributed by atoms with Crippen molar-refractivity contribution >= 4 is 28.2 Å². The SMILES string of the molecule is CCOC(=O)c1c(NC(=O)[C@H](C)[NH2+]Cc2ccco2)sc2c1CC[C@@H](C)C2. The van der Waals surface area contributed by atoms with Gasteiger partial charge in [-0.1, -0.05) is 6.92 Å². The van der Waals surface area contributed by atoms with E-state index in [4.69, 9.17) is 9.15 Å². The van der Waals surface area contributed by atoms with Crippen LogP contribution in [-0.4, -0.2) is 24.5 Å². The van der Waals surface area contributed by atoms with Gasteiger partial charge in [0.2, 0.25) is 0 Å². The largest absolute Gasteiger partial charge is 0.463 e. The van der Waals surface area contributed by atoms with Crippen molar-refractivity contribution in [2.24, 2.45) is 5.92 Å². The summed E-state index contributed by atoms with van der Waals surface area (Å²) in [5.74, 6) is 0.948. The molecule has 0 aromatic carbocycles. The Labute approximate surface area is 163 Å². The van der Waals surface area contributed by atoms with Gasteiger partial charge in [0.05, 0.1) is 18.4 Å². The molecular formula is C20H27N2O4S+. The number of carbonyl (C=O) groups excluding carboxylic acids is 2. The highest BCUT2D eigenvalue weighted by Gasteiger charge is 2.30. The molecule has 3 N–H and O–H groups in total. The molecule has 2 atom stereocenters. The van der Waals surface area contributed by atoms with Crippen LogP contribution >= 0.6 is 11.3 Å². The Morgan fingerprint density at radius 2 is 2.30 bits per heavy atom. The second kappa shape index (κ2) is 8.71. The lowest BCUT2D eigenvalue weighted by Crippen LogP contribution is -2.90. The molecule has 0 fully saturated rings. The Bertz CT molecular complexity index is 797. The first-order chi connectivity index (χ1) is 13.0. The monoisotopic (exact) mass is 391 g/mol. The molecule has 0 unspecified atom stereocenters. The zero-order valence-electron chi connectivity index (χ0n) is 16.0. The number of nitrogens with two attached hydrogens (primary N) is 1. The van der Waals surface area contributed by atoms with Crippen LogP contribution in [0.3, 0.4) is 0 Å². The Morgan fingerprint density at radius 1 is 1.48 bits per heavy atom. The highest BCUT2D eigenvalue weighted by Crippen LogP contribution is 2.40. The fourth-order valence-electron chi connectivity index (χ4n) is 3.31. The maximum absolute atomic E-state index is 12.7. The maximum Gasteiger partial charge on any atom is 0.341 e. The third kappa shape index (κ3) is 4.59. The van der Waals surface area contributed by atoms with Crippen LogP contribution < -0.4 is 10.6 Å². The molecule has 1 aliphatic rings. The summed E-state index contributed by atoms with van der Waals surface area (Å²) in [7, 11) is 0. The van der Waals surface area contributed by atoms with Crippen molar-refractivity contribution in [1.29, 1.82) is 0 Å². The number of quaternary nitrogens is 1. The number of ether oxygens (including phenoxy) is 1. The summed E-state index contributed by atoms with van der Waals surface area (Å²) < 4.78 is 10.6. The van der Waals surface area contributed by atoms with Gasteiger partial charge in [0.15, 0.2) is 11.8 Å². The molecule has 6 nitrogen and oxygen atoms in total. The van der Waals surface area contributed by atoms with Gasteiger partial charge in [0.1, 0.15) is 11.5 Å². The van der Waals surface area contributed by atoms with Crippen LogP contribution in [0.4, 0.5) is 5.00 Å². The third-order valence-electron chi connectivity index (χ3n) is 4.89. The molecule has 0 spiro atoms. The first kappa shape index (κ1) is 19.6. The van der Waals surface area contributed by atoms with Crippen LogP contribution in [-0.2, 0) is 28.9 Å². The minimum atomic E-state index is -0.341. The number of rotatable bonds is 7. The van der Waals surface area contributed by atoms with Crippen LogP contribution in [0.15, 0.2) is 22.8 Å². The summed E-state index contributed by atoms with van der Waals surface area (Å²) >= 11 is 1.52. The first-order valence-corrected chi connectivity index (χ1v) is 10.3. The first-order valence-electron chi connectivity index (χ1n) is 9.47. The number of anilines is 1. The van der Waals surface area contributed by atoms with E-state index in [-0.39, 0.29) is 17.9 Å². The summed E-state index contributed by atoms with van der Waals surface area (Å²) in [5, 5.41) is 5.50. The number of amides is 1. The van der Waals surface area contributed by atoms with Gasteiger partial charge in [-0.15, -0.1) is 11.3 Å². The number of carbonyl (C=O) groups is 2. The van der Waals surface area contributed by atoms with Crippen LogP contribution in [0.1, 0.15) is 53.8 Å². The number of furan rings is 1. The average molecular weight is 392 g/mol. The smallest absolute Gasteiger partial charge is 0.341 e. The Morgan fingerprint density at radius 3 is 3.00 bits per heavy atom. The highest BCUT2D eigenvalue weighted by atomic mass is 32.1. The highest BCUT2D eigenvalue weighted by molar-refractivity contribution is 7.17. The molecule has 146 valence electrons. The molecule has 2 heterocycles. The quantitative estimate of drug-likeness (QED) is 0.711. The van der Waals surface area contributed by atoms with Crippen molar-refractivity contribution < 1.29 is 24.1 Å². The molecule has 2 aromatic rings. The number of esters is 1. The predicted molar refractivity (Wildman–Crippen MR) is 104 cm³/mol. The van der Waals surface area contributed by atoms with E-state index >= 15 is 0 Å². The number of hydrogen-bond acceptors (Lipinski definition) is 5. The van der Waals surface area contributed by atoms with Gasteiger partial charge in [-0.3, -0.25) is 4.79 Å². The number of thiophene rings is 1. The summed E-state index contributed by atoms with van der Waals surface area (Å²) in [6, 6.07) is 3.41. The fourth-order valence-corrected chi connectivity index (χ4v) is 4.71. The van der Waals surface area contributed by atoms with E-state index in [9.17, 15) is 9.59 Å². The van der Waals surface area contributed by atoms with Crippen molar-refractivity contribution in [3.63, 3.8) is 0 Å². The lowest BCUT2D eigenvalue weighted by Gasteiger charge is -2.18. The number of hydrogen-bond donors (Lipinski definition) is 2. The van der Waals surface area contributed by atoms with Gasteiger partial charge in [0.25, 0.3) is 5.91 Å². The van der Waals surface area contributed by atoms with Crippen molar-refractivity contribution in [3.05, 3.63) is 40.2 Å². The van der Waals surface area contributed by atoms with Gasteiger partial charge in [0, 0.05) is 4.88 Å². The van der Waals surface area contributed by atoms with E-state index < -0.39 is 0 Å². The van der Waals surface area contributed by atoms with Gasteiger partial charge < -0.3 is 19.8 Å². The van der Waals surface area contributed by atoms with Gasteiger partial charge in [-0.25, -0.2) is 4.79 Å². The van der Waals surface area contributed by atoms with E-state index in [2.05, 4.69) is 12.2 Å². The molecule has 0 saturated heterocycles. The summed E-state index contributed by atoms with van der Waals surface area (Å²) in [6.45, 7) is 6.77. The van der Waals surface area contributed by atoms with Crippen molar-refractivity contribution in [2.45, 2.75) is 52.6 Å². The lowest BCUT2D eigenvalue weighted by atomic mass is 9.88. The lowest BCUT2D eigenvalue weighted by molar-refractivity contribution is -0.690. The number of nitrogens with one attached hydrogen (secondary N) is 1. The molecule has 0 radical (unpaired) electrons. The average Bonchev–Trinajstić information content (AvgIpc) is 3.26. The standard InChI is InChI=1S/C20H26N2O4S/c1-4-25-20(24)17-15-8-7-12(2)10-16(15)27-19(17)22-18(23)13(3)21-11-14-6-5-9-26-14/h5-6,9,12-13,21H,4,7-8,10-11H2,1-3H3,(H,22,23)/p+1/t12-,13+/m1/s1. The van der Waals surface area contributed by atoms with Gasteiger partial charge in [-0.05, 0) is 56.7 Å². The second-order valence-electron chi connectivity index (χ2n) is 7.07. The molecule has 7 heteroatoms. The van der Waals surface area contributed by atoms with E-state index in [1.807, 2.05) is 24.4 Å². The molecule has 27 heavy (non-hydrogen) atoms. The Balaban J connectivity index is 1.74. The van der Waals surface area contributed by atoms with E-state index in [1.165, 1.54) is 16.2 Å². The Hall–Kier alpha value is -2.12. The molecule has 1 amide bonds. The van der Waals surface area contributed by atoms with Crippen LogP contribution in [0.25, 0.3) is 0 Å². The molecule has 2 aromatic heterocycles. The zero-order chi connectivity index (χ0) is 19.4. The minimum Gasteiger partial charge on any atom is -0.463 e. The molecule has 0 aliphatic heterocycles. The molecule has 1 aliphatic carbocycles. The van der Waals surface area contributed by atoms with Gasteiger partial charge in [-0.2, -0.15) is 0 Å². The van der Waals surface area contributed by atoms with Crippen LogP contribution in [0.2, 0.25) is 0 Å². The van der Waals surface area contributed by atoms with Crippen LogP contribution in [0, 0.1) is 5.92 Å². The normalized spacial score (nSPS) is 17.2. The fraction of sp³-hybridized carbons (Fsp3) is 0.500. The molecule has 3 rings (SSSR count). The molecule has 0 bridgehead atoms. The summed E-state index contributed by atoms with van der Waals surface area (Å²) in [6.07, 6.45) is 4.48. The Kier molecular flexibility index (Phi) is 6.34. The van der Waals surface area contributed by atoms with Crippen molar-refractivity contribution in [1.82, 2.24) is 0 Å². The van der Waals surface area contributed by atoms with E-state index in [0.29, 0.717) is 29.6 Å². The second-order valence-corrected chi connectivity index (χ2v) is 8.18. The summed E-state index contributed by atoms with van der Waals surface area (Å²) in [5.41, 5.74) is 1.61. The minimum absolute atomic E-state index is 0.126. The zero-order valence-corrected chi connectivity index (χ0v) is 16.9. The topological polar surface area (TPSA) is 85.1 Å². The van der Waals surface area contributed by atoms with E-state index in [1.54, 1.807) is 13.2 Å². The van der Waals surface area contributed by atoms with Gasteiger partial charge >= 0.3 is 5.97 Å². The predicted octanol–water partition coefficient (Wildman–Crippen LogP) is 2.73. The van der Waals surface area contributed by atoms with Crippen molar-refractivity contribution in [2.75, 3.05) is 11.9 Å². The molecular weight excluding hydrogens is 364 g/mol. The van der Waals surface area contributed by atoms with Crippen LogP contribution in [0.5, 0.6) is 0 Å². The van der Waals surface area contributed by atoms with Crippen molar-refractivity contribution in [3.8, 4) is 0 Å². The third-order valence-corrected chi connectivity index (χ3v) is 6.06. The number of fused-ring (bicyclic) bond motifs is 1. The van der Waals surface area contributed by atoms with E-state index in [0.717, 1.165) is 30.6 Å². The summed E-state index contributed by atoms with van der Waals surface area (Å²) in [4.78, 5) is 26.4.